The maximum absolute atomic E-state index is 11.9. The molecule has 2 unspecified atom stereocenters. The molecule has 3 amide bonds. The standard InChI is InChI=1S/C13H9N3O.C12H23NO2.C2H2F3NO.C2H6/c14-7-13(16-8-17)4-9-2-1-3-10-5-15-6-11(13)12(9)10;1-9-7-13(8-12(9,3)4)11(14)6-10(2)15-5;3-2(4,5)1(6)7;1-2/h1-3,5-6,8H,4H2,(H,16,17);9-10H,6-8H2,1-5H3;(H2,6,7);1-2H3/t;9?,10-;;/m.1../s1. The van der Waals surface area contributed by atoms with Gasteiger partial charge in [-0.3, -0.25) is 19.4 Å². The second-order valence-electron chi connectivity index (χ2n) is 10.4. The summed E-state index contributed by atoms with van der Waals surface area (Å²) in [7, 11) is 1.65. The predicted octanol–water partition coefficient (Wildman–Crippen LogP) is 4.23. The second-order valence-corrected chi connectivity index (χ2v) is 10.4. The molecule has 1 fully saturated rings. The van der Waals surface area contributed by atoms with Crippen LogP contribution in [0.4, 0.5) is 13.2 Å². The average molecular weight is 580 g/mol. The molecule has 1 aromatic carbocycles. The first kappa shape index (κ1) is 35.3. The molecule has 1 aliphatic heterocycles. The monoisotopic (exact) mass is 579 g/mol. The number of rotatable bonds is 5. The number of nitrogens with zero attached hydrogens (tertiary/aromatic N) is 3. The van der Waals surface area contributed by atoms with Gasteiger partial charge in [-0.1, -0.05) is 52.8 Å². The Bertz CT molecular complexity index is 1240. The summed E-state index contributed by atoms with van der Waals surface area (Å²) in [6, 6.07) is 8.09. The number of alkyl halides is 3. The zero-order chi connectivity index (χ0) is 31.6. The van der Waals surface area contributed by atoms with Gasteiger partial charge in [0.15, 0.2) is 5.54 Å². The average Bonchev–Trinajstić information content (AvgIpc) is 3.40. The predicted molar refractivity (Wildman–Crippen MR) is 149 cm³/mol. The van der Waals surface area contributed by atoms with Crippen LogP contribution in [0.15, 0.2) is 30.6 Å². The Labute approximate surface area is 239 Å². The van der Waals surface area contributed by atoms with E-state index in [0.717, 1.165) is 35.0 Å². The number of hydrogen-bond donors (Lipinski definition) is 2. The molecule has 3 atom stereocenters. The summed E-state index contributed by atoms with van der Waals surface area (Å²) in [5, 5.41) is 14.0. The lowest BCUT2D eigenvalue weighted by molar-refractivity contribution is -0.169. The van der Waals surface area contributed by atoms with E-state index in [2.05, 4.69) is 42.9 Å². The first-order valence-corrected chi connectivity index (χ1v) is 13.3. The fraction of sp³-hybridized carbons (Fsp3) is 0.552. The summed E-state index contributed by atoms with van der Waals surface area (Å²) < 4.78 is 37.2. The number of amides is 3. The quantitative estimate of drug-likeness (QED) is 0.509. The SMILES string of the molecule is CC.CO[C@H](C)CC(=O)N1CC(C)C(C)(C)C1.N#CC1(NC=O)Cc2cccc3cncc1c23.NC(=O)C(F)(F)F. The number of methoxy groups -OCH3 is 1. The Morgan fingerprint density at radius 1 is 1.32 bits per heavy atom. The fourth-order valence-corrected chi connectivity index (χ4v) is 4.46. The number of halogens is 3. The van der Waals surface area contributed by atoms with Crippen LogP contribution in [0.2, 0.25) is 0 Å². The molecule has 2 aliphatic rings. The molecule has 1 saturated heterocycles. The topological polar surface area (TPSA) is 138 Å². The molecule has 12 heteroatoms. The molecular formula is C29H40F3N5O4. The van der Waals surface area contributed by atoms with Crippen molar-refractivity contribution in [2.75, 3.05) is 20.2 Å². The third-order valence-corrected chi connectivity index (χ3v) is 7.20. The number of benzene rings is 1. The van der Waals surface area contributed by atoms with E-state index in [1.807, 2.05) is 43.9 Å². The van der Waals surface area contributed by atoms with Crippen LogP contribution in [0.25, 0.3) is 10.8 Å². The highest BCUT2D eigenvalue weighted by Gasteiger charge is 2.40. The van der Waals surface area contributed by atoms with Crippen LogP contribution in [0.5, 0.6) is 0 Å². The molecule has 0 spiro atoms. The zero-order valence-electron chi connectivity index (χ0n) is 24.6. The van der Waals surface area contributed by atoms with E-state index in [-0.39, 0.29) is 17.4 Å². The summed E-state index contributed by atoms with van der Waals surface area (Å²) in [4.78, 5) is 37.8. The summed E-state index contributed by atoms with van der Waals surface area (Å²) in [6.45, 7) is 14.4. The number of pyridine rings is 1. The van der Waals surface area contributed by atoms with Crippen molar-refractivity contribution in [3.63, 3.8) is 0 Å². The maximum Gasteiger partial charge on any atom is 0.470 e. The van der Waals surface area contributed by atoms with Gasteiger partial charge < -0.3 is 20.7 Å². The van der Waals surface area contributed by atoms with Gasteiger partial charge in [0.25, 0.3) is 0 Å². The molecule has 2 aromatic rings. The van der Waals surface area contributed by atoms with Crippen molar-refractivity contribution in [2.24, 2.45) is 17.1 Å². The van der Waals surface area contributed by atoms with Gasteiger partial charge in [0.2, 0.25) is 12.3 Å². The van der Waals surface area contributed by atoms with Gasteiger partial charge in [-0.25, -0.2) is 0 Å². The highest BCUT2D eigenvalue weighted by atomic mass is 19.4. The zero-order valence-corrected chi connectivity index (χ0v) is 24.6. The van der Waals surface area contributed by atoms with E-state index in [4.69, 9.17) is 9.53 Å². The smallest absolute Gasteiger partial charge is 0.381 e. The van der Waals surface area contributed by atoms with Crippen molar-refractivity contribution in [3.05, 3.63) is 41.7 Å². The second kappa shape index (κ2) is 14.8. The largest absolute Gasteiger partial charge is 0.470 e. The lowest BCUT2D eigenvalue weighted by atomic mass is 9.84. The molecule has 0 radical (unpaired) electrons. The Morgan fingerprint density at radius 2 is 1.93 bits per heavy atom. The highest BCUT2D eigenvalue weighted by molar-refractivity contribution is 5.92. The number of likely N-dealkylation sites (tertiary alicyclic amines) is 1. The summed E-state index contributed by atoms with van der Waals surface area (Å²) in [6.07, 6.45) is 0.180. The van der Waals surface area contributed by atoms with Crippen molar-refractivity contribution in [3.8, 4) is 6.07 Å². The van der Waals surface area contributed by atoms with Gasteiger partial charge in [-0.05, 0) is 29.2 Å². The number of nitrogens with one attached hydrogen (secondary N) is 1. The number of ether oxygens (including phenoxy) is 1. The molecular weight excluding hydrogens is 539 g/mol. The highest BCUT2D eigenvalue weighted by Crippen LogP contribution is 2.40. The van der Waals surface area contributed by atoms with E-state index in [9.17, 15) is 28.0 Å². The first-order chi connectivity index (χ1) is 19.1. The van der Waals surface area contributed by atoms with Crippen molar-refractivity contribution >= 4 is 29.0 Å². The van der Waals surface area contributed by atoms with Crippen LogP contribution >= 0.6 is 0 Å². The minimum absolute atomic E-state index is 0.0246. The number of nitriles is 1. The Balaban J connectivity index is 0.000000322. The summed E-state index contributed by atoms with van der Waals surface area (Å²) in [5.74, 6) is -1.45. The van der Waals surface area contributed by atoms with Crippen LogP contribution < -0.4 is 11.1 Å². The first-order valence-electron chi connectivity index (χ1n) is 13.3. The molecule has 9 nitrogen and oxygen atoms in total. The van der Waals surface area contributed by atoms with Gasteiger partial charge in [-0.2, -0.15) is 18.4 Å². The minimum Gasteiger partial charge on any atom is -0.381 e. The van der Waals surface area contributed by atoms with Crippen LogP contribution in [0.3, 0.4) is 0 Å². The number of carbonyl (C=O) groups is 3. The number of aromatic nitrogens is 1. The molecule has 1 aliphatic carbocycles. The summed E-state index contributed by atoms with van der Waals surface area (Å²) in [5.41, 5.74) is 4.97. The van der Waals surface area contributed by atoms with Gasteiger partial charge in [0, 0.05) is 50.0 Å². The van der Waals surface area contributed by atoms with Crippen LogP contribution in [0, 0.1) is 22.7 Å². The van der Waals surface area contributed by atoms with Gasteiger partial charge >= 0.3 is 12.1 Å². The Hall–Kier alpha value is -3.72. The number of primary amides is 1. The third-order valence-electron chi connectivity index (χ3n) is 7.20. The maximum atomic E-state index is 11.9. The molecule has 41 heavy (non-hydrogen) atoms. The van der Waals surface area contributed by atoms with Crippen LogP contribution in [-0.4, -0.2) is 60.6 Å². The van der Waals surface area contributed by atoms with Crippen molar-refractivity contribution in [1.29, 1.82) is 5.26 Å². The molecule has 0 bridgehead atoms. The van der Waals surface area contributed by atoms with E-state index in [0.29, 0.717) is 25.2 Å². The number of carbonyl (C=O) groups excluding carboxylic acids is 3. The number of nitrogens with two attached hydrogens (primary N) is 1. The van der Waals surface area contributed by atoms with E-state index in [1.54, 1.807) is 19.5 Å². The molecule has 4 rings (SSSR count). The molecule has 3 N–H and O–H groups in total. The number of hydrogen-bond acceptors (Lipinski definition) is 6. The molecule has 1 aromatic heterocycles. The Kier molecular flexibility index (Phi) is 12.7. The summed E-state index contributed by atoms with van der Waals surface area (Å²) >= 11 is 0. The van der Waals surface area contributed by atoms with Crippen molar-refractivity contribution < 1.29 is 32.3 Å². The van der Waals surface area contributed by atoms with Crippen molar-refractivity contribution in [1.82, 2.24) is 15.2 Å². The molecule has 2 heterocycles. The lowest BCUT2D eigenvalue weighted by Gasteiger charge is -2.22. The van der Waals surface area contributed by atoms with E-state index < -0.39 is 17.6 Å². The van der Waals surface area contributed by atoms with Gasteiger partial charge in [-0.15, -0.1) is 0 Å². The van der Waals surface area contributed by atoms with E-state index in [1.165, 1.54) is 0 Å². The third kappa shape index (κ3) is 8.88. The van der Waals surface area contributed by atoms with Gasteiger partial charge in [0.05, 0.1) is 18.6 Å². The van der Waals surface area contributed by atoms with Crippen LogP contribution in [-0.2, 0) is 31.1 Å². The molecule has 0 saturated carbocycles. The van der Waals surface area contributed by atoms with Gasteiger partial charge in [0.1, 0.15) is 0 Å². The van der Waals surface area contributed by atoms with Crippen molar-refractivity contribution in [2.45, 2.75) is 72.2 Å². The molecule has 226 valence electrons. The minimum atomic E-state index is -4.86. The normalized spacial score (nSPS) is 20.6. The van der Waals surface area contributed by atoms with Crippen LogP contribution in [0.1, 0.15) is 59.1 Å². The van der Waals surface area contributed by atoms with E-state index >= 15 is 0 Å². The Morgan fingerprint density at radius 3 is 2.39 bits per heavy atom. The fourth-order valence-electron chi connectivity index (χ4n) is 4.46. The lowest BCUT2D eigenvalue weighted by Crippen LogP contribution is -2.40.